The minimum atomic E-state index is -1.77. The molecule has 9 nitrogen and oxygen atoms in total. The van der Waals surface area contributed by atoms with Gasteiger partial charge in [0.05, 0.1) is 25.2 Å². The number of rotatable bonds is 6. The predicted molar refractivity (Wildman–Crippen MR) is 124 cm³/mol. The monoisotopic (exact) mass is 472 g/mol. The summed E-state index contributed by atoms with van der Waals surface area (Å²) in [4.78, 5) is 6.56. The van der Waals surface area contributed by atoms with Crippen LogP contribution in [0, 0.1) is 0 Å². The Morgan fingerprint density at radius 1 is 0.667 bits per heavy atom. The van der Waals surface area contributed by atoms with Crippen LogP contribution in [0.2, 0.25) is 0 Å². The summed E-state index contributed by atoms with van der Waals surface area (Å²) < 4.78 is 11.3. The fourth-order valence-corrected chi connectivity index (χ4v) is 26.0. The lowest BCUT2D eigenvalue weighted by Crippen LogP contribution is -2.62. The Morgan fingerprint density at radius 3 is 1.33 bits per heavy atom. The maximum Gasteiger partial charge on any atom is 0.218 e. The van der Waals surface area contributed by atoms with E-state index in [2.05, 4.69) is 75.4 Å². The van der Waals surface area contributed by atoms with Crippen molar-refractivity contribution in [3.05, 3.63) is 0 Å². The predicted octanol–water partition coefficient (Wildman–Crippen LogP) is 2.86. The van der Waals surface area contributed by atoms with E-state index < -0.39 is 14.0 Å². The van der Waals surface area contributed by atoms with Crippen LogP contribution in [0.25, 0.3) is 0 Å². The molecule has 12 heteroatoms. The third-order valence-electron chi connectivity index (χ3n) is 7.84. The molecule has 0 aliphatic carbocycles. The van der Waals surface area contributed by atoms with E-state index in [1.54, 1.807) is 7.56 Å². The number of hydrogen-bond donors (Lipinski definition) is 1. The first kappa shape index (κ1) is 20.1. The molecule has 1 N–H and O–H groups in total. The summed E-state index contributed by atoms with van der Waals surface area (Å²) in [5, 5.41) is 9.58. The Bertz CT molecular complexity index is 869. The maximum atomic E-state index is 5.96. The molecular formula is C18H37N9P3+. The summed E-state index contributed by atoms with van der Waals surface area (Å²) in [5.74, 6) is 0. The highest BCUT2D eigenvalue weighted by Crippen LogP contribution is 2.88. The van der Waals surface area contributed by atoms with Crippen LogP contribution in [0.4, 0.5) is 0 Å². The molecule has 7 heterocycles. The van der Waals surface area contributed by atoms with Gasteiger partial charge in [-0.15, -0.1) is 0 Å². The molecule has 0 amide bonds. The van der Waals surface area contributed by atoms with Crippen LogP contribution in [0.3, 0.4) is 0 Å². The van der Waals surface area contributed by atoms with Gasteiger partial charge in [-0.1, -0.05) is 10.0 Å². The van der Waals surface area contributed by atoms with Crippen molar-refractivity contribution in [3.8, 4) is 0 Å². The van der Waals surface area contributed by atoms with E-state index in [0.29, 0.717) is 41.2 Å². The lowest BCUT2D eigenvalue weighted by atomic mass is 10.6. The summed E-state index contributed by atoms with van der Waals surface area (Å²) >= 11 is 0. The van der Waals surface area contributed by atoms with Gasteiger partial charge in [-0.2, -0.15) is 0 Å². The van der Waals surface area contributed by atoms with Crippen molar-refractivity contribution in [2.45, 2.75) is 77.8 Å². The normalized spacial score (nSPS) is 70.2. The van der Waals surface area contributed by atoms with Gasteiger partial charge in [-0.05, 0) is 46.7 Å². The lowest BCUT2D eigenvalue weighted by molar-refractivity contribution is -1.13. The second-order valence-corrected chi connectivity index (χ2v) is 21.0. The molecule has 7 rings (SSSR count). The van der Waals surface area contributed by atoms with Gasteiger partial charge in [-0.25, -0.2) is 18.7 Å². The molecule has 0 saturated carbocycles. The second kappa shape index (κ2) is 6.00. The van der Waals surface area contributed by atoms with Gasteiger partial charge in [0, 0.05) is 67.7 Å². The van der Waals surface area contributed by atoms with Crippen molar-refractivity contribution in [1.82, 2.24) is 33.9 Å². The smallest absolute Gasteiger partial charge is 0.218 e. The van der Waals surface area contributed by atoms with Crippen LogP contribution >= 0.6 is 21.6 Å². The molecule has 6 fully saturated rings. The first-order chi connectivity index (χ1) is 14.2. The zero-order valence-corrected chi connectivity index (χ0v) is 21.8. The Balaban J connectivity index is 1.48. The Hall–Kier alpha value is 0.640. The van der Waals surface area contributed by atoms with E-state index in [1.807, 2.05) is 0 Å². The van der Waals surface area contributed by atoms with Crippen molar-refractivity contribution < 1.29 is 4.92 Å². The highest BCUT2D eigenvalue weighted by molar-refractivity contribution is 8.39. The first-order valence-corrected chi connectivity index (χ1v) is 17.5. The molecule has 0 aromatic heterocycles. The summed E-state index contributed by atoms with van der Waals surface area (Å²) in [6.45, 7) is 21.7. The summed E-state index contributed by atoms with van der Waals surface area (Å²) in [5.41, 5.74) is 0. The third kappa shape index (κ3) is 2.66. The first-order valence-electron chi connectivity index (χ1n) is 11.8. The van der Waals surface area contributed by atoms with Gasteiger partial charge in [0.15, 0.2) is 7.00 Å². The van der Waals surface area contributed by atoms with Gasteiger partial charge >= 0.3 is 0 Å². The Labute approximate surface area is 182 Å². The van der Waals surface area contributed by atoms with Crippen LogP contribution in [-0.2, 0) is 0 Å². The summed E-state index contributed by atoms with van der Waals surface area (Å²) in [6.07, 6.45) is 0. The quantitative estimate of drug-likeness (QED) is 0.362. The van der Waals surface area contributed by atoms with Gasteiger partial charge < -0.3 is 0 Å². The third-order valence-corrected chi connectivity index (χ3v) is 23.5. The van der Waals surface area contributed by atoms with Crippen molar-refractivity contribution >= 4 is 21.6 Å². The molecule has 0 bridgehead atoms. The Kier molecular flexibility index (Phi) is 4.01. The number of nitrogens with zero attached hydrogens (tertiary/aromatic N) is 8. The number of hydrogen-bond acceptors (Lipinski definition) is 8. The fourth-order valence-electron chi connectivity index (χ4n) is 5.30. The molecule has 12 atom stereocenters. The average Bonchev–Trinajstić information content (AvgIpc) is 3.48. The Morgan fingerprint density at radius 2 is 1.03 bits per heavy atom. The molecular weight excluding hydrogens is 435 g/mol. The molecule has 30 heavy (non-hydrogen) atoms. The maximum absolute atomic E-state index is 5.96. The minimum Gasteiger partial charge on any atom is -0.247 e. The zero-order chi connectivity index (χ0) is 20.8. The van der Waals surface area contributed by atoms with Crippen LogP contribution in [0.15, 0.2) is 4.85 Å². The lowest BCUT2D eigenvalue weighted by Gasteiger charge is -2.45. The SMILES string of the molecule is CC1CN1[N+]1(N2CC2C)N=P(N2CC2C)(N2CC2C)P=P(N2CC2C)(N2CC2C)N1. The molecule has 0 radical (unpaired) electrons. The van der Waals surface area contributed by atoms with Crippen molar-refractivity contribution in [3.63, 3.8) is 0 Å². The topological polar surface area (TPSA) is 42.4 Å². The largest absolute Gasteiger partial charge is 0.247 e. The number of nitrogens with one attached hydrogen (secondary N) is 1. The highest BCUT2D eigenvalue weighted by Gasteiger charge is 2.72. The zero-order valence-electron chi connectivity index (χ0n) is 19.1. The number of quaternary nitrogens is 1. The summed E-state index contributed by atoms with van der Waals surface area (Å²) in [6, 6.07) is 3.96. The van der Waals surface area contributed by atoms with Crippen LogP contribution in [0.1, 0.15) is 41.5 Å². The average molecular weight is 472 g/mol. The molecule has 0 aromatic rings. The van der Waals surface area contributed by atoms with Crippen LogP contribution in [-0.4, -0.2) is 109 Å². The van der Waals surface area contributed by atoms with Crippen LogP contribution < -0.4 is 5.20 Å². The van der Waals surface area contributed by atoms with Gasteiger partial charge in [0.2, 0.25) is 7.04 Å². The van der Waals surface area contributed by atoms with E-state index in [-0.39, 0.29) is 0 Å². The molecule has 7 aliphatic heterocycles. The molecule has 7 aliphatic rings. The minimum absolute atomic E-state index is 0.593. The van der Waals surface area contributed by atoms with Gasteiger partial charge in [-0.3, -0.25) is 0 Å². The standard InChI is InChI=1S/C18H37N9P3/c1-13-7-21(13)27(22-8-14(22)2)19-29(23-9-15(23)3,24-10-16(24)4)28-30(20-27,25-11-17(25)5)26-12-18(26)6/h13-19H,7-12H2,1-6H3/q+1. The fraction of sp³-hybridized carbons (Fsp3) is 1.00. The second-order valence-electron chi connectivity index (χ2n) is 10.8. The molecule has 168 valence electrons. The summed E-state index contributed by atoms with van der Waals surface area (Å²) in [7, 11) is -1.85. The molecule has 6 saturated heterocycles. The van der Waals surface area contributed by atoms with Gasteiger partial charge in [0.25, 0.3) is 0 Å². The van der Waals surface area contributed by atoms with E-state index in [1.165, 1.54) is 26.2 Å². The van der Waals surface area contributed by atoms with Crippen LogP contribution in [0.5, 0.6) is 0 Å². The molecule has 12 unspecified atom stereocenters. The van der Waals surface area contributed by atoms with E-state index in [0.717, 1.165) is 13.1 Å². The highest BCUT2D eigenvalue weighted by atomic mass is 32.3. The van der Waals surface area contributed by atoms with Crippen molar-refractivity contribution in [1.29, 1.82) is 0 Å². The van der Waals surface area contributed by atoms with E-state index in [9.17, 15) is 0 Å². The van der Waals surface area contributed by atoms with E-state index in [4.69, 9.17) is 4.85 Å². The van der Waals surface area contributed by atoms with Crippen molar-refractivity contribution in [2.75, 3.05) is 39.3 Å². The molecule has 0 aromatic carbocycles. The van der Waals surface area contributed by atoms with Gasteiger partial charge in [0.1, 0.15) is 0 Å². The molecule has 0 spiro atoms. The van der Waals surface area contributed by atoms with E-state index >= 15 is 0 Å². The van der Waals surface area contributed by atoms with Crippen molar-refractivity contribution in [2.24, 2.45) is 4.85 Å².